The summed E-state index contributed by atoms with van der Waals surface area (Å²) in [5.41, 5.74) is 13.1. The van der Waals surface area contributed by atoms with E-state index in [1.165, 1.54) is 0 Å². The van der Waals surface area contributed by atoms with Crippen LogP contribution in [0.5, 0.6) is 34.5 Å². The molecule has 0 aliphatic carbocycles. The summed E-state index contributed by atoms with van der Waals surface area (Å²) in [5, 5.41) is 0. The fourth-order valence-corrected chi connectivity index (χ4v) is 6.65. The summed E-state index contributed by atoms with van der Waals surface area (Å²) >= 11 is 0. The molecular formula is C46H46O4. The minimum atomic E-state index is 0.534. The van der Waals surface area contributed by atoms with Gasteiger partial charge in [0.25, 0.3) is 0 Å². The lowest BCUT2D eigenvalue weighted by molar-refractivity contribution is 0.301. The van der Waals surface area contributed by atoms with Crippen molar-refractivity contribution in [2.24, 2.45) is 0 Å². The predicted octanol–water partition coefficient (Wildman–Crippen LogP) is 12.6. The van der Waals surface area contributed by atoms with Crippen molar-refractivity contribution < 1.29 is 18.9 Å². The minimum Gasteiger partial charge on any atom is -0.488 e. The van der Waals surface area contributed by atoms with Crippen LogP contribution < -0.4 is 18.9 Å². The Hall–Kier alpha value is -5.48. The Labute approximate surface area is 297 Å². The summed E-state index contributed by atoms with van der Waals surface area (Å²) in [6.45, 7) is 17.8. The molecule has 0 aliphatic heterocycles. The Morgan fingerprint density at radius 2 is 0.620 bits per heavy atom. The highest BCUT2D eigenvalue weighted by Gasteiger charge is 2.16. The monoisotopic (exact) mass is 662 g/mol. The molecule has 6 aromatic carbocycles. The molecule has 50 heavy (non-hydrogen) atoms. The quantitative estimate of drug-likeness (QED) is 0.138. The minimum absolute atomic E-state index is 0.534. The van der Waals surface area contributed by atoms with Crippen molar-refractivity contribution in [3.05, 3.63) is 165 Å². The molecule has 0 amide bonds. The van der Waals surface area contributed by atoms with E-state index in [1.807, 2.05) is 36.4 Å². The SMILES string of the molecule is Cc1cc(Oc2c(C)cc(-c3cc(C)c(Oc4cc(C)c(OCc5ccccc5)c(C)c4)c(C)c3)cc2C)cc(C)c1OCc1ccccc1. The summed E-state index contributed by atoms with van der Waals surface area (Å²) in [5.74, 6) is 5.17. The van der Waals surface area contributed by atoms with Gasteiger partial charge in [0.15, 0.2) is 0 Å². The van der Waals surface area contributed by atoms with E-state index < -0.39 is 0 Å². The molecule has 6 aromatic rings. The number of ether oxygens (including phenoxy) is 4. The van der Waals surface area contributed by atoms with E-state index in [0.717, 1.165) is 101 Å². The van der Waals surface area contributed by atoms with Crippen LogP contribution in [-0.2, 0) is 13.2 Å². The third-order valence-corrected chi connectivity index (χ3v) is 9.01. The van der Waals surface area contributed by atoms with Gasteiger partial charge in [0, 0.05) is 0 Å². The van der Waals surface area contributed by atoms with Crippen molar-refractivity contribution in [3.8, 4) is 45.6 Å². The summed E-state index contributed by atoms with van der Waals surface area (Å²) in [6.07, 6.45) is 0. The summed E-state index contributed by atoms with van der Waals surface area (Å²) in [6, 6.07) is 37.5. The van der Waals surface area contributed by atoms with Crippen molar-refractivity contribution >= 4 is 0 Å². The zero-order chi connectivity index (χ0) is 35.4. The number of benzene rings is 6. The van der Waals surface area contributed by atoms with E-state index in [-0.39, 0.29) is 0 Å². The van der Waals surface area contributed by atoms with E-state index >= 15 is 0 Å². The zero-order valence-electron chi connectivity index (χ0n) is 30.4. The Kier molecular flexibility index (Phi) is 10.3. The maximum absolute atomic E-state index is 6.52. The van der Waals surface area contributed by atoms with Crippen LogP contribution in [0.1, 0.15) is 55.6 Å². The first-order valence-electron chi connectivity index (χ1n) is 17.2. The lowest BCUT2D eigenvalue weighted by atomic mass is 9.96. The van der Waals surface area contributed by atoms with E-state index in [4.69, 9.17) is 18.9 Å². The topological polar surface area (TPSA) is 36.9 Å². The molecule has 254 valence electrons. The van der Waals surface area contributed by atoms with Crippen LogP contribution in [0, 0.1) is 55.4 Å². The second kappa shape index (κ2) is 15.0. The fourth-order valence-electron chi connectivity index (χ4n) is 6.65. The normalized spacial score (nSPS) is 11.0. The standard InChI is InChI=1S/C46H46O4/c1-29-19-39(20-30(2)45(29)49-41-23-33(5)43(34(6)24-41)47-27-37-15-11-9-12-16-37)40-21-31(3)46(32(4)22-40)50-42-25-35(7)44(36(8)26-42)48-28-38-17-13-10-14-18-38/h9-26H,27-28H2,1-8H3. The number of aryl methyl sites for hydroxylation is 8. The van der Waals surface area contributed by atoms with Crippen molar-refractivity contribution in [2.75, 3.05) is 0 Å². The molecule has 0 aliphatic rings. The average molecular weight is 663 g/mol. The van der Waals surface area contributed by atoms with Gasteiger partial charge in [0.1, 0.15) is 47.7 Å². The van der Waals surface area contributed by atoms with Gasteiger partial charge < -0.3 is 18.9 Å². The molecule has 4 nitrogen and oxygen atoms in total. The molecule has 0 spiro atoms. The second-order valence-electron chi connectivity index (χ2n) is 13.4. The molecule has 0 saturated carbocycles. The number of rotatable bonds is 11. The molecule has 0 atom stereocenters. The maximum atomic E-state index is 6.52. The Bertz CT molecular complexity index is 1880. The lowest BCUT2D eigenvalue weighted by Gasteiger charge is -2.19. The highest BCUT2D eigenvalue weighted by Crippen LogP contribution is 2.39. The largest absolute Gasteiger partial charge is 0.488 e. The van der Waals surface area contributed by atoms with Gasteiger partial charge in [-0.05, 0) is 171 Å². The molecule has 0 saturated heterocycles. The molecule has 0 heterocycles. The summed E-state index contributed by atoms with van der Waals surface area (Å²) in [4.78, 5) is 0. The van der Waals surface area contributed by atoms with Crippen LogP contribution in [0.25, 0.3) is 11.1 Å². The molecule has 0 radical (unpaired) electrons. The zero-order valence-corrected chi connectivity index (χ0v) is 30.4. The second-order valence-corrected chi connectivity index (χ2v) is 13.4. The third kappa shape index (κ3) is 7.87. The number of hydrogen-bond acceptors (Lipinski definition) is 4. The van der Waals surface area contributed by atoms with Gasteiger partial charge in [-0.15, -0.1) is 0 Å². The summed E-state index contributed by atoms with van der Waals surface area (Å²) in [7, 11) is 0. The first kappa shape index (κ1) is 34.4. The molecular weight excluding hydrogens is 617 g/mol. The Morgan fingerprint density at radius 3 is 0.920 bits per heavy atom. The Morgan fingerprint density at radius 1 is 0.340 bits per heavy atom. The van der Waals surface area contributed by atoms with Crippen LogP contribution in [-0.4, -0.2) is 0 Å². The van der Waals surface area contributed by atoms with Gasteiger partial charge >= 0.3 is 0 Å². The Balaban J connectivity index is 1.17. The van der Waals surface area contributed by atoms with E-state index in [9.17, 15) is 0 Å². The van der Waals surface area contributed by atoms with Crippen molar-refractivity contribution in [1.29, 1.82) is 0 Å². The highest BCUT2D eigenvalue weighted by molar-refractivity contribution is 5.71. The first-order valence-corrected chi connectivity index (χ1v) is 17.2. The lowest BCUT2D eigenvalue weighted by Crippen LogP contribution is -2.00. The maximum Gasteiger partial charge on any atom is 0.133 e. The van der Waals surface area contributed by atoms with Crippen molar-refractivity contribution in [1.82, 2.24) is 0 Å². The molecule has 0 unspecified atom stereocenters. The highest BCUT2D eigenvalue weighted by atomic mass is 16.5. The average Bonchev–Trinajstić information content (AvgIpc) is 3.08. The smallest absolute Gasteiger partial charge is 0.133 e. The van der Waals surface area contributed by atoms with Crippen molar-refractivity contribution in [3.63, 3.8) is 0 Å². The first-order chi connectivity index (χ1) is 24.0. The van der Waals surface area contributed by atoms with Crippen LogP contribution in [0.4, 0.5) is 0 Å². The molecule has 0 bridgehead atoms. The van der Waals surface area contributed by atoms with Gasteiger partial charge in [-0.3, -0.25) is 0 Å². The summed E-state index contributed by atoms with van der Waals surface area (Å²) < 4.78 is 25.4. The van der Waals surface area contributed by atoms with Gasteiger partial charge in [0.05, 0.1) is 0 Å². The van der Waals surface area contributed by atoms with Crippen molar-refractivity contribution in [2.45, 2.75) is 68.6 Å². The van der Waals surface area contributed by atoms with Gasteiger partial charge in [-0.2, -0.15) is 0 Å². The van der Waals surface area contributed by atoms with Gasteiger partial charge in [-0.1, -0.05) is 60.7 Å². The molecule has 0 aromatic heterocycles. The molecule has 6 rings (SSSR count). The van der Waals surface area contributed by atoms with Crippen LogP contribution in [0.3, 0.4) is 0 Å². The van der Waals surface area contributed by atoms with Gasteiger partial charge in [0.2, 0.25) is 0 Å². The van der Waals surface area contributed by atoms with Gasteiger partial charge in [-0.25, -0.2) is 0 Å². The van der Waals surface area contributed by atoms with Crippen LogP contribution in [0.2, 0.25) is 0 Å². The molecule has 4 heteroatoms. The van der Waals surface area contributed by atoms with Crippen LogP contribution in [0.15, 0.2) is 109 Å². The molecule has 0 N–H and O–H groups in total. The van der Waals surface area contributed by atoms with E-state index in [0.29, 0.717) is 13.2 Å². The third-order valence-electron chi connectivity index (χ3n) is 9.01. The van der Waals surface area contributed by atoms with E-state index in [2.05, 4.69) is 128 Å². The van der Waals surface area contributed by atoms with Crippen LogP contribution >= 0.6 is 0 Å². The number of hydrogen-bond donors (Lipinski definition) is 0. The predicted molar refractivity (Wildman–Crippen MR) is 204 cm³/mol. The fraction of sp³-hybridized carbons (Fsp3) is 0.217. The van der Waals surface area contributed by atoms with E-state index in [1.54, 1.807) is 0 Å². The molecule has 0 fully saturated rings.